The van der Waals surface area contributed by atoms with E-state index in [9.17, 15) is 38.4 Å². The van der Waals surface area contributed by atoms with Crippen LogP contribution in [0.1, 0.15) is 72.1 Å². The molecule has 0 aliphatic carbocycles. The number of hydrogen-bond donors (Lipinski definition) is 2. The molecule has 2 aliphatic heterocycles. The van der Waals surface area contributed by atoms with Gasteiger partial charge in [0.1, 0.15) is 11.6 Å². The van der Waals surface area contributed by atoms with Crippen LogP contribution in [0.5, 0.6) is 0 Å². The summed E-state index contributed by atoms with van der Waals surface area (Å²) in [7, 11) is 3.15. The maximum atomic E-state index is 11.8. The van der Waals surface area contributed by atoms with E-state index in [1.54, 1.807) is 21.0 Å². The van der Waals surface area contributed by atoms with Gasteiger partial charge in [-0.3, -0.25) is 48.2 Å². The van der Waals surface area contributed by atoms with E-state index < -0.39 is 0 Å². The monoisotopic (exact) mass is 712 g/mol. The standard InChI is InChI=1S/C17H28N2O6.C16H24N2O6.CH4/c1-13-12-16(22)19(17(13)23)7-5-14(20)4-3-8-24-10-11-25-9-6-15(21)18-2;1-17-14(20)7-10-24-12-11-23-9-2-3-13(19)6-8-18-15(21)4-5-16(18)22;/h13H,3-12H2,1-2H3,(H,18,21);4-5H,2-3,6-12H2,1H3,(H,17,20);1H4. The number of amides is 6. The van der Waals surface area contributed by atoms with E-state index in [0.29, 0.717) is 91.4 Å². The Morgan fingerprint density at radius 3 is 1.40 bits per heavy atom. The van der Waals surface area contributed by atoms with Crippen molar-refractivity contribution in [2.24, 2.45) is 5.92 Å². The van der Waals surface area contributed by atoms with Crippen LogP contribution in [-0.2, 0) is 57.3 Å². The summed E-state index contributed by atoms with van der Waals surface area (Å²) in [6.07, 6.45) is 5.56. The largest absolute Gasteiger partial charge is 0.379 e. The summed E-state index contributed by atoms with van der Waals surface area (Å²) in [6.45, 7) is 5.25. The first-order chi connectivity index (χ1) is 23.5. The summed E-state index contributed by atoms with van der Waals surface area (Å²) >= 11 is 0. The molecule has 2 aliphatic rings. The molecule has 0 bridgehead atoms. The molecule has 6 amide bonds. The third-order valence-corrected chi connectivity index (χ3v) is 7.34. The Morgan fingerprint density at radius 2 is 1.02 bits per heavy atom. The van der Waals surface area contributed by atoms with Crippen LogP contribution in [-0.4, -0.2) is 137 Å². The number of ether oxygens (including phenoxy) is 4. The fourth-order valence-electron chi connectivity index (χ4n) is 4.42. The first kappa shape index (κ1) is 46.1. The highest BCUT2D eigenvalue weighted by Crippen LogP contribution is 2.19. The fourth-order valence-corrected chi connectivity index (χ4v) is 4.42. The Balaban J connectivity index is 0.000000942. The summed E-state index contributed by atoms with van der Waals surface area (Å²) in [5.41, 5.74) is 0. The molecule has 50 heavy (non-hydrogen) atoms. The van der Waals surface area contributed by atoms with Crippen LogP contribution in [0.2, 0.25) is 0 Å². The van der Waals surface area contributed by atoms with E-state index in [-0.39, 0.29) is 92.7 Å². The van der Waals surface area contributed by atoms with Gasteiger partial charge in [0.25, 0.3) is 11.8 Å². The number of nitrogens with zero attached hydrogens (tertiary/aromatic N) is 2. The van der Waals surface area contributed by atoms with Gasteiger partial charge in [-0.2, -0.15) is 0 Å². The molecule has 16 heteroatoms. The maximum Gasteiger partial charge on any atom is 0.253 e. The maximum absolute atomic E-state index is 11.8. The Morgan fingerprint density at radius 1 is 0.620 bits per heavy atom. The second-order valence-corrected chi connectivity index (χ2v) is 11.2. The van der Waals surface area contributed by atoms with Gasteiger partial charge in [-0.25, -0.2) is 0 Å². The van der Waals surface area contributed by atoms with Crippen molar-refractivity contribution in [3.05, 3.63) is 12.2 Å². The number of nitrogens with one attached hydrogen (secondary N) is 2. The van der Waals surface area contributed by atoms with Crippen LogP contribution in [0.3, 0.4) is 0 Å². The van der Waals surface area contributed by atoms with Gasteiger partial charge in [-0.1, -0.05) is 14.4 Å². The van der Waals surface area contributed by atoms with Gasteiger partial charge < -0.3 is 29.6 Å². The van der Waals surface area contributed by atoms with Gasteiger partial charge in [0.05, 0.1) is 39.6 Å². The number of carbonyl (C=O) groups excluding carboxylic acids is 8. The van der Waals surface area contributed by atoms with Crippen molar-refractivity contribution in [2.45, 2.75) is 72.1 Å². The number of Topliss-reactive ketones (excluding diaryl/α,β-unsaturated/α-hetero) is 2. The van der Waals surface area contributed by atoms with Crippen LogP contribution >= 0.6 is 0 Å². The molecular weight excluding hydrogens is 656 g/mol. The zero-order valence-corrected chi connectivity index (χ0v) is 29.0. The van der Waals surface area contributed by atoms with Gasteiger partial charge in [0.15, 0.2) is 0 Å². The molecule has 0 radical (unpaired) electrons. The molecule has 0 aromatic rings. The van der Waals surface area contributed by atoms with Crippen molar-refractivity contribution in [1.29, 1.82) is 0 Å². The summed E-state index contributed by atoms with van der Waals surface area (Å²) in [6, 6.07) is 0. The lowest BCUT2D eigenvalue weighted by molar-refractivity contribution is -0.140. The van der Waals surface area contributed by atoms with Gasteiger partial charge >= 0.3 is 0 Å². The summed E-state index contributed by atoms with van der Waals surface area (Å²) in [5, 5.41) is 5.01. The third-order valence-electron chi connectivity index (χ3n) is 7.34. The van der Waals surface area contributed by atoms with Crippen molar-refractivity contribution in [3.8, 4) is 0 Å². The lowest BCUT2D eigenvalue weighted by Gasteiger charge is -2.13. The van der Waals surface area contributed by atoms with Crippen LogP contribution in [0.4, 0.5) is 0 Å². The van der Waals surface area contributed by atoms with Gasteiger partial charge in [-0.05, 0) is 12.8 Å². The molecule has 0 aromatic heterocycles. The molecule has 1 saturated heterocycles. The molecule has 1 atom stereocenters. The number of imide groups is 2. The zero-order chi connectivity index (χ0) is 36.4. The van der Waals surface area contributed by atoms with E-state index >= 15 is 0 Å². The highest BCUT2D eigenvalue weighted by Gasteiger charge is 2.35. The van der Waals surface area contributed by atoms with Crippen molar-refractivity contribution in [2.75, 3.05) is 80.0 Å². The van der Waals surface area contributed by atoms with E-state index in [2.05, 4.69) is 10.6 Å². The highest BCUT2D eigenvalue weighted by atomic mass is 16.5. The minimum Gasteiger partial charge on any atom is -0.379 e. The molecule has 2 N–H and O–H groups in total. The van der Waals surface area contributed by atoms with Gasteiger partial charge in [0.2, 0.25) is 23.6 Å². The smallest absolute Gasteiger partial charge is 0.253 e. The Kier molecular flexibility index (Phi) is 25.8. The number of hydrogen-bond acceptors (Lipinski definition) is 12. The number of ketones is 2. The lowest BCUT2D eigenvalue weighted by Crippen LogP contribution is -2.32. The number of carbonyl (C=O) groups is 8. The molecule has 16 nitrogen and oxygen atoms in total. The van der Waals surface area contributed by atoms with E-state index in [1.165, 1.54) is 17.1 Å². The second-order valence-electron chi connectivity index (χ2n) is 11.2. The average Bonchev–Trinajstić information content (AvgIpc) is 3.54. The van der Waals surface area contributed by atoms with Crippen LogP contribution in [0.25, 0.3) is 0 Å². The number of likely N-dealkylation sites (tertiary alicyclic amines) is 1. The molecule has 0 spiro atoms. The Labute approximate surface area is 294 Å². The predicted octanol–water partition coefficient (Wildman–Crippen LogP) is 0.746. The van der Waals surface area contributed by atoms with E-state index in [4.69, 9.17) is 18.9 Å². The Hall–Kier alpha value is -3.86. The third kappa shape index (κ3) is 20.6. The minimum atomic E-state index is -0.368. The first-order valence-corrected chi connectivity index (χ1v) is 16.6. The van der Waals surface area contributed by atoms with Crippen molar-refractivity contribution in [3.63, 3.8) is 0 Å². The predicted molar refractivity (Wildman–Crippen MR) is 181 cm³/mol. The molecule has 2 rings (SSSR count). The summed E-state index contributed by atoms with van der Waals surface area (Å²) in [4.78, 5) is 93.6. The van der Waals surface area contributed by atoms with Crippen LogP contribution in [0, 0.1) is 5.92 Å². The Bertz CT molecular complexity index is 1130. The summed E-state index contributed by atoms with van der Waals surface area (Å²) < 4.78 is 21.1. The van der Waals surface area contributed by atoms with Crippen molar-refractivity contribution < 1.29 is 57.3 Å². The SMILES string of the molecule is C.CNC(=O)CCOCCOCCCC(=O)CCN1C(=O)C=CC1=O.CNC(=O)CCOCCOCCCC(=O)CCN1C(=O)CC(C)C1=O. The summed E-state index contributed by atoms with van der Waals surface area (Å²) in [5.74, 6) is -1.50. The fraction of sp³-hybridized carbons (Fsp3) is 0.706. The normalized spacial score (nSPS) is 15.1. The molecule has 1 unspecified atom stereocenters. The van der Waals surface area contributed by atoms with E-state index in [1.807, 2.05) is 0 Å². The first-order valence-electron chi connectivity index (χ1n) is 16.6. The van der Waals surface area contributed by atoms with Crippen LogP contribution in [0.15, 0.2) is 12.2 Å². The molecule has 1 fully saturated rings. The number of rotatable bonds is 26. The van der Waals surface area contributed by atoms with Gasteiger partial charge in [-0.15, -0.1) is 0 Å². The lowest BCUT2D eigenvalue weighted by atomic mass is 10.1. The molecule has 0 saturated carbocycles. The van der Waals surface area contributed by atoms with Crippen molar-refractivity contribution in [1.82, 2.24) is 20.4 Å². The average molecular weight is 713 g/mol. The van der Waals surface area contributed by atoms with Crippen molar-refractivity contribution >= 4 is 47.0 Å². The molecule has 0 aromatic carbocycles. The zero-order valence-electron chi connectivity index (χ0n) is 29.0. The second kappa shape index (κ2) is 27.9. The minimum absolute atomic E-state index is 0. The van der Waals surface area contributed by atoms with E-state index in [0.717, 1.165) is 4.90 Å². The van der Waals surface area contributed by atoms with Gasteiger partial charge in [0, 0.05) is 103 Å². The molecular formula is C34H56N4O12. The van der Waals surface area contributed by atoms with Crippen LogP contribution < -0.4 is 10.6 Å². The topological polar surface area (TPSA) is 204 Å². The molecule has 2 heterocycles. The highest BCUT2D eigenvalue weighted by molar-refractivity contribution is 6.13. The molecule has 284 valence electrons. The quantitative estimate of drug-likeness (QED) is 0.0942.